The smallest absolute Gasteiger partial charge is 0.325 e. The molecule has 1 heterocycles. The van der Waals surface area contributed by atoms with E-state index >= 15 is 0 Å². The molecule has 2 aromatic carbocycles. The lowest BCUT2D eigenvalue weighted by molar-refractivity contribution is -0.116. The minimum Gasteiger partial charge on any atom is -0.326 e. The van der Waals surface area contributed by atoms with Crippen LogP contribution in [-0.4, -0.2) is 16.9 Å². The Morgan fingerprint density at radius 2 is 1.83 bits per heavy atom. The van der Waals surface area contributed by atoms with E-state index in [1.807, 2.05) is 24.4 Å². The van der Waals surface area contributed by atoms with Gasteiger partial charge in [-0.2, -0.15) is 0 Å². The number of rotatable bonds is 6. The Morgan fingerprint density at radius 3 is 2.59 bits per heavy atom. The maximum atomic E-state index is 12.1. The van der Waals surface area contributed by atoms with Gasteiger partial charge in [-0.25, -0.2) is 9.78 Å². The van der Waals surface area contributed by atoms with Crippen molar-refractivity contribution in [2.75, 3.05) is 16.0 Å². The van der Waals surface area contributed by atoms with Crippen LogP contribution in [0.3, 0.4) is 0 Å². The molecule has 0 saturated carbocycles. The average Bonchev–Trinajstić information content (AvgIpc) is 3.10. The number of amides is 3. The molecule has 1 aromatic heterocycles. The molecule has 3 rings (SSSR count). The first kappa shape index (κ1) is 21.1. The lowest BCUT2D eigenvalue weighted by Crippen LogP contribution is -2.19. The van der Waals surface area contributed by atoms with Crippen LogP contribution in [0.25, 0.3) is 0 Å². The summed E-state index contributed by atoms with van der Waals surface area (Å²) < 4.78 is 0. The fraction of sp³-hybridized carbons (Fsp3) is 0.150. The van der Waals surface area contributed by atoms with Gasteiger partial charge in [-0.1, -0.05) is 35.3 Å². The Hall–Kier alpha value is -2.61. The van der Waals surface area contributed by atoms with Gasteiger partial charge in [-0.3, -0.25) is 10.1 Å². The molecule has 150 valence electrons. The zero-order chi connectivity index (χ0) is 20.8. The highest BCUT2D eigenvalue weighted by Crippen LogP contribution is 2.21. The molecule has 0 atom stereocenters. The van der Waals surface area contributed by atoms with Crippen LogP contribution >= 0.6 is 34.5 Å². The molecular weight excluding hydrogens is 431 g/mol. The number of aryl methyl sites for hydroxylation is 2. The highest BCUT2D eigenvalue weighted by atomic mass is 35.5. The molecule has 29 heavy (non-hydrogen) atoms. The molecule has 6 nitrogen and oxygen atoms in total. The van der Waals surface area contributed by atoms with Gasteiger partial charge in [0, 0.05) is 33.2 Å². The highest BCUT2D eigenvalue weighted by molar-refractivity contribution is 7.13. The number of hydrogen-bond acceptors (Lipinski definition) is 4. The molecule has 0 aliphatic heterocycles. The van der Waals surface area contributed by atoms with Crippen molar-refractivity contribution in [3.05, 3.63) is 69.1 Å². The molecule has 0 fully saturated rings. The van der Waals surface area contributed by atoms with E-state index in [4.69, 9.17) is 23.2 Å². The summed E-state index contributed by atoms with van der Waals surface area (Å²) in [7, 11) is 0. The van der Waals surface area contributed by atoms with E-state index in [2.05, 4.69) is 20.9 Å². The van der Waals surface area contributed by atoms with E-state index < -0.39 is 6.03 Å². The summed E-state index contributed by atoms with van der Waals surface area (Å²) in [5, 5.41) is 11.6. The van der Waals surface area contributed by atoms with Gasteiger partial charge in [0.05, 0.1) is 5.69 Å². The maximum Gasteiger partial charge on any atom is 0.325 e. The number of carbonyl (C=O) groups excluding carboxylic acids is 2. The third-order valence-corrected chi connectivity index (χ3v) is 5.37. The van der Waals surface area contributed by atoms with Gasteiger partial charge in [0.15, 0.2) is 5.13 Å². The average molecular weight is 449 g/mol. The summed E-state index contributed by atoms with van der Waals surface area (Å²) in [4.78, 5) is 28.5. The third kappa shape index (κ3) is 6.45. The number of anilines is 3. The summed E-state index contributed by atoms with van der Waals surface area (Å²) in [6.07, 6.45) is 0.725. The number of halogens is 2. The zero-order valence-corrected chi connectivity index (χ0v) is 17.8. The molecule has 3 aromatic rings. The Kier molecular flexibility index (Phi) is 7.09. The minimum atomic E-state index is -0.415. The number of nitrogens with zero attached hydrogens (tertiary/aromatic N) is 1. The Morgan fingerprint density at radius 1 is 1.03 bits per heavy atom. The van der Waals surface area contributed by atoms with Crippen molar-refractivity contribution in [1.29, 1.82) is 0 Å². The molecule has 3 amide bonds. The van der Waals surface area contributed by atoms with Crippen LogP contribution in [-0.2, 0) is 11.2 Å². The number of benzene rings is 2. The molecule has 0 radical (unpaired) electrons. The zero-order valence-electron chi connectivity index (χ0n) is 15.5. The first-order chi connectivity index (χ1) is 13.9. The monoisotopic (exact) mass is 448 g/mol. The van der Waals surface area contributed by atoms with Crippen molar-refractivity contribution in [2.45, 2.75) is 19.8 Å². The van der Waals surface area contributed by atoms with Crippen LogP contribution in [0.2, 0.25) is 10.0 Å². The molecule has 0 spiro atoms. The SMILES string of the molecule is Cc1ccc(NC(=O)CCc2csc(NC(=O)Nc3cccc(Cl)c3)n2)cc1Cl. The highest BCUT2D eigenvalue weighted by Gasteiger charge is 2.10. The first-order valence-corrected chi connectivity index (χ1v) is 10.4. The minimum absolute atomic E-state index is 0.133. The summed E-state index contributed by atoms with van der Waals surface area (Å²) in [5.41, 5.74) is 2.92. The van der Waals surface area contributed by atoms with Crippen LogP contribution in [0.4, 0.5) is 21.3 Å². The summed E-state index contributed by atoms with van der Waals surface area (Å²) >= 11 is 13.3. The van der Waals surface area contributed by atoms with Crippen LogP contribution in [0.15, 0.2) is 47.8 Å². The standard InChI is InChI=1S/C20H18Cl2N4O2S/c1-12-5-6-15(10-17(12)22)23-18(27)8-7-16-11-29-20(25-16)26-19(28)24-14-4-2-3-13(21)9-14/h2-6,9-11H,7-8H2,1H3,(H,23,27)(H2,24,25,26,28). The van der Waals surface area contributed by atoms with Gasteiger partial charge in [0.1, 0.15) is 0 Å². The van der Waals surface area contributed by atoms with Crippen molar-refractivity contribution in [1.82, 2.24) is 4.98 Å². The molecule has 3 N–H and O–H groups in total. The van der Waals surface area contributed by atoms with Crippen molar-refractivity contribution < 1.29 is 9.59 Å². The first-order valence-electron chi connectivity index (χ1n) is 8.73. The molecular formula is C20H18Cl2N4O2S. The second-order valence-corrected chi connectivity index (χ2v) is 7.95. The topological polar surface area (TPSA) is 83.1 Å². The normalized spacial score (nSPS) is 10.4. The van der Waals surface area contributed by atoms with Gasteiger partial charge in [-0.15, -0.1) is 11.3 Å². The van der Waals surface area contributed by atoms with Gasteiger partial charge in [0.2, 0.25) is 5.91 Å². The number of carbonyl (C=O) groups is 2. The second-order valence-electron chi connectivity index (χ2n) is 6.25. The number of thiazole rings is 1. The number of urea groups is 1. The van der Waals surface area contributed by atoms with Gasteiger partial charge in [0.25, 0.3) is 0 Å². The maximum absolute atomic E-state index is 12.1. The quantitative estimate of drug-likeness (QED) is 0.433. The Balaban J connectivity index is 1.47. The molecule has 0 unspecified atom stereocenters. The summed E-state index contributed by atoms with van der Waals surface area (Å²) in [5.74, 6) is -0.133. The lowest BCUT2D eigenvalue weighted by atomic mass is 10.2. The van der Waals surface area contributed by atoms with Crippen molar-refractivity contribution in [3.8, 4) is 0 Å². The Labute approximate surface area is 182 Å². The molecule has 0 aliphatic carbocycles. The van der Waals surface area contributed by atoms with E-state index in [9.17, 15) is 9.59 Å². The van der Waals surface area contributed by atoms with Crippen molar-refractivity contribution >= 4 is 63.0 Å². The Bertz CT molecular complexity index is 1040. The molecule has 0 saturated heterocycles. The third-order valence-electron chi connectivity index (χ3n) is 3.92. The molecule has 0 aliphatic rings. The molecule has 0 bridgehead atoms. The van der Waals surface area contributed by atoms with Crippen molar-refractivity contribution in [3.63, 3.8) is 0 Å². The van der Waals surface area contributed by atoms with Crippen molar-refractivity contribution in [2.24, 2.45) is 0 Å². The number of aromatic nitrogens is 1. The summed E-state index contributed by atoms with van der Waals surface area (Å²) in [6.45, 7) is 1.90. The van der Waals surface area contributed by atoms with Crippen LogP contribution in [0.1, 0.15) is 17.7 Å². The van der Waals surface area contributed by atoms with Crippen LogP contribution < -0.4 is 16.0 Å². The van der Waals surface area contributed by atoms with E-state index in [-0.39, 0.29) is 12.3 Å². The second kappa shape index (κ2) is 9.73. The largest absolute Gasteiger partial charge is 0.326 e. The van der Waals surface area contributed by atoms with E-state index in [0.29, 0.717) is 33.0 Å². The number of hydrogen-bond donors (Lipinski definition) is 3. The lowest BCUT2D eigenvalue weighted by Gasteiger charge is -2.06. The van der Waals surface area contributed by atoms with Crippen LogP contribution in [0, 0.1) is 6.92 Å². The number of nitrogens with one attached hydrogen (secondary N) is 3. The predicted molar refractivity (Wildman–Crippen MR) is 119 cm³/mol. The van der Waals surface area contributed by atoms with Gasteiger partial charge >= 0.3 is 6.03 Å². The van der Waals surface area contributed by atoms with E-state index in [1.54, 1.807) is 30.3 Å². The fourth-order valence-corrected chi connectivity index (χ4v) is 3.55. The van der Waals surface area contributed by atoms with Crippen LogP contribution in [0.5, 0.6) is 0 Å². The van der Waals surface area contributed by atoms with Gasteiger partial charge in [-0.05, 0) is 49.2 Å². The van der Waals surface area contributed by atoms with E-state index in [0.717, 1.165) is 11.3 Å². The summed E-state index contributed by atoms with van der Waals surface area (Å²) in [6, 6.07) is 11.8. The van der Waals surface area contributed by atoms with Gasteiger partial charge < -0.3 is 10.6 Å². The van der Waals surface area contributed by atoms with E-state index in [1.165, 1.54) is 11.3 Å². The molecule has 9 heteroatoms. The predicted octanol–water partition coefficient (Wildman–Crippen LogP) is 5.97. The fourth-order valence-electron chi connectivity index (χ4n) is 2.44.